The average Bonchev–Trinajstić information content (AvgIpc) is 2.88. The molecule has 0 radical (unpaired) electrons. The van der Waals surface area contributed by atoms with Crippen molar-refractivity contribution in [3.05, 3.63) is 38.5 Å². The lowest BCUT2D eigenvalue weighted by atomic mass is 10.0. The molecule has 1 aliphatic heterocycles. The molecule has 0 saturated heterocycles. The number of anilines is 1. The highest BCUT2D eigenvalue weighted by atomic mass is 32.1. The molecule has 0 amide bonds. The van der Waals surface area contributed by atoms with E-state index in [1.54, 1.807) is 11.3 Å². The monoisotopic (exact) mass is 306 g/mol. The van der Waals surface area contributed by atoms with Crippen LogP contribution >= 0.6 is 11.3 Å². The van der Waals surface area contributed by atoms with Crippen LogP contribution in [0.25, 0.3) is 0 Å². The van der Waals surface area contributed by atoms with Crippen molar-refractivity contribution in [3.63, 3.8) is 0 Å². The van der Waals surface area contributed by atoms with Crippen molar-refractivity contribution in [3.8, 4) is 0 Å². The second-order valence-corrected chi connectivity index (χ2v) is 5.98. The van der Waals surface area contributed by atoms with Gasteiger partial charge < -0.3 is 10.4 Å². The van der Waals surface area contributed by atoms with Crippen LogP contribution in [0.2, 0.25) is 0 Å². The number of hydrogen-bond donors (Lipinski definition) is 2. The second-order valence-electron chi connectivity index (χ2n) is 4.92. The van der Waals surface area contributed by atoms with Gasteiger partial charge in [-0.3, -0.25) is 14.2 Å². The molecule has 3 heterocycles. The lowest BCUT2D eigenvalue weighted by Crippen LogP contribution is -2.32. The zero-order chi connectivity index (χ0) is 15.0. The molecule has 0 saturated carbocycles. The maximum absolute atomic E-state index is 12.3. The minimum atomic E-state index is -1.07. The fourth-order valence-electron chi connectivity index (χ4n) is 2.41. The summed E-state index contributed by atoms with van der Waals surface area (Å²) >= 11 is 1.57. The summed E-state index contributed by atoms with van der Waals surface area (Å²) in [5.41, 5.74) is 1.64. The fourth-order valence-corrected chi connectivity index (χ4v) is 3.07. The van der Waals surface area contributed by atoms with Crippen molar-refractivity contribution in [2.24, 2.45) is 0 Å². The number of carboxylic acid groups (broad SMARTS) is 1. The quantitative estimate of drug-likeness (QED) is 0.884. The Hall–Kier alpha value is -2.22. The Morgan fingerprint density at radius 3 is 3.10 bits per heavy atom. The largest absolute Gasteiger partial charge is 0.480 e. The summed E-state index contributed by atoms with van der Waals surface area (Å²) in [4.78, 5) is 31.7. The van der Waals surface area contributed by atoms with E-state index in [4.69, 9.17) is 5.11 Å². The first kappa shape index (κ1) is 13.7. The molecule has 0 bridgehead atoms. The summed E-state index contributed by atoms with van der Waals surface area (Å²) in [5.74, 6) is -1.07. The summed E-state index contributed by atoms with van der Waals surface area (Å²) in [5, 5.41) is 14.9. The fraction of sp³-hybridized carbons (Fsp3) is 0.385. The normalized spacial score (nSPS) is 17.1. The van der Waals surface area contributed by atoms with E-state index < -0.39 is 5.97 Å². The van der Waals surface area contributed by atoms with Gasteiger partial charge >= 0.3 is 5.97 Å². The predicted molar refractivity (Wildman–Crippen MR) is 77.7 cm³/mol. The smallest absolute Gasteiger partial charge is 0.323 e. The lowest BCUT2D eigenvalue weighted by molar-refractivity contribution is -0.137. The number of fused-ring (bicyclic) bond motifs is 1. The van der Waals surface area contributed by atoms with Crippen LogP contribution in [-0.2, 0) is 17.8 Å². The van der Waals surface area contributed by atoms with Gasteiger partial charge in [0.25, 0.3) is 5.56 Å². The molecule has 2 aromatic rings. The van der Waals surface area contributed by atoms with Crippen molar-refractivity contribution >= 4 is 23.0 Å². The van der Waals surface area contributed by atoms with E-state index in [0.717, 1.165) is 21.7 Å². The Balaban J connectivity index is 1.93. The summed E-state index contributed by atoms with van der Waals surface area (Å²) in [6.45, 7) is 1.55. The Kier molecular flexibility index (Phi) is 3.46. The number of nitrogens with one attached hydrogen (secondary N) is 1. The molecule has 1 aliphatic rings. The number of thiazole rings is 1. The van der Waals surface area contributed by atoms with Gasteiger partial charge in [0.15, 0.2) is 0 Å². The summed E-state index contributed by atoms with van der Waals surface area (Å²) < 4.78 is 1.10. The Bertz CT molecular complexity index is 752. The summed E-state index contributed by atoms with van der Waals surface area (Å²) in [6, 6.07) is -0.0300. The highest BCUT2D eigenvalue weighted by Gasteiger charge is 2.25. The van der Waals surface area contributed by atoms with Crippen molar-refractivity contribution < 1.29 is 9.90 Å². The van der Waals surface area contributed by atoms with Crippen LogP contribution in [0.4, 0.5) is 5.69 Å². The van der Waals surface area contributed by atoms with Crippen LogP contribution in [0, 0.1) is 6.92 Å². The number of carbonyl (C=O) groups is 1. The molecule has 7 nitrogen and oxygen atoms in total. The van der Waals surface area contributed by atoms with E-state index in [2.05, 4.69) is 15.3 Å². The molecule has 0 spiro atoms. The van der Waals surface area contributed by atoms with Gasteiger partial charge in [0.05, 0.1) is 28.8 Å². The van der Waals surface area contributed by atoms with Gasteiger partial charge in [-0.05, 0) is 19.8 Å². The van der Waals surface area contributed by atoms with Crippen molar-refractivity contribution in [1.29, 1.82) is 0 Å². The van der Waals surface area contributed by atoms with Gasteiger partial charge in [0.1, 0.15) is 12.2 Å². The van der Waals surface area contributed by atoms with E-state index in [-0.39, 0.29) is 18.1 Å². The molecule has 110 valence electrons. The molecule has 1 atom stereocenters. The molecule has 0 fully saturated rings. The van der Waals surface area contributed by atoms with E-state index in [1.807, 2.05) is 12.3 Å². The lowest BCUT2D eigenvalue weighted by Gasteiger charge is -2.24. The standard InChI is InChI=1S/C13H14N4O3S/c1-7-15-10(5-21-7)8-2-3-9-12(16-8)13(20)17(6-14-9)4-11(18)19/h5-6,8,16H,2-4H2,1H3,(H,18,19)/t8-/m0/s1. The van der Waals surface area contributed by atoms with Crippen LogP contribution in [0.1, 0.15) is 28.9 Å². The van der Waals surface area contributed by atoms with Crippen LogP contribution in [0.3, 0.4) is 0 Å². The molecule has 8 heteroatoms. The van der Waals surface area contributed by atoms with Gasteiger partial charge in [-0.15, -0.1) is 11.3 Å². The Labute approximate surface area is 124 Å². The Morgan fingerprint density at radius 1 is 1.62 bits per heavy atom. The van der Waals surface area contributed by atoms with Gasteiger partial charge in [0, 0.05) is 5.38 Å². The molecule has 0 aliphatic carbocycles. The first-order valence-electron chi connectivity index (χ1n) is 6.53. The summed E-state index contributed by atoms with van der Waals surface area (Å²) in [6.07, 6.45) is 2.78. The number of aromatic nitrogens is 3. The van der Waals surface area contributed by atoms with Crippen LogP contribution in [-0.4, -0.2) is 25.6 Å². The number of aryl methyl sites for hydroxylation is 2. The van der Waals surface area contributed by atoms with Crippen LogP contribution in [0.15, 0.2) is 16.5 Å². The molecular formula is C13H14N4O3S. The first-order valence-corrected chi connectivity index (χ1v) is 7.41. The number of carboxylic acids is 1. The van der Waals surface area contributed by atoms with Crippen LogP contribution in [0.5, 0.6) is 0 Å². The predicted octanol–water partition coefficient (Wildman–Crippen LogP) is 1.19. The third kappa shape index (κ3) is 2.66. The zero-order valence-electron chi connectivity index (χ0n) is 11.4. The minimum absolute atomic E-state index is 0.0300. The molecule has 0 unspecified atom stereocenters. The van der Waals surface area contributed by atoms with Gasteiger partial charge in [-0.1, -0.05) is 0 Å². The molecule has 3 rings (SSSR count). The topological polar surface area (TPSA) is 97.1 Å². The number of hydrogen-bond acceptors (Lipinski definition) is 6. The maximum atomic E-state index is 12.3. The average molecular weight is 306 g/mol. The van der Waals surface area contributed by atoms with E-state index in [0.29, 0.717) is 17.8 Å². The number of aliphatic carboxylic acids is 1. The maximum Gasteiger partial charge on any atom is 0.323 e. The summed E-state index contributed by atoms with van der Waals surface area (Å²) in [7, 11) is 0. The third-order valence-corrected chi connectivity index (χ3v) is 4.20. The van der Waals surface area contributed by atoms with E-state index in [1.165, 1.54) is 6.33 Å². The number of rotatable bonds is 3. The van der Waals surface area contributed by atoms with Gasteiger partial charge in [-0.25, -0.2) is 9.97 Å². The van der Waals surface area contributed by atoms with Gasteiger partial charge in [0.2, 0.25) is 0 Å². The highest BCUT2D eigenvalue weighted by molar-refractivity contribution is 7.09. The third-order valence-electron chi connectivity index (χ3n) is 3.40. The number of nitrogens with zero attached hydrogens (tertiary/aromatic N) is 3. The van der Waals surface area contributed by atoms with Crippen molar-refractivity contribution in [1.82, 2.24) is 14.5 Å². The minimum Gasteiger partial charge on any atom is -0.480 e. The van der Waals surface area contributed by atoms with Crippen LogP contribution < -0.4 is 10.9 Å². The molecule has 2 aromatic heterocycles. The van der Waals surface area contributed by atoms with Crippen molar-refractivity contribution in [2.45, 2.75) is 32.4 Å². The first-order chi connectivity index (χ1) is 10.0. The second kappa shape index (κ2) is 5.28. The molecule has 21 heavy (non-hydrogen) atoms. The molecular weight excluding hydrogens is 292 g/mol. The van der Waals surface area contributed by atoms with E-state index >= 15 is 0 Å². The Morgan fingerprint density at radius 2 is 2.43 bits per heavy atom. The molecule has 0 aromatic carbocycles. The SMILES string of the molecule is Cc1nc([C@@H]2CCc3ncn(CC(=O)O)c(=O)c3N2)cs1. The van der Waals surface area contributed by atoms with Crippen molar-refractivity contribution in [2.75, 3.05) is 5.32 Å². The highest BCUT2D eigenvalue weighted by Crippen LogP contribution is 2.29. The zero-order valence-corrected chi connectivity index (χ0v) is 12.2. The van der Waals surface area contributed by atoms with E-state index in [9.17, 15) is 9.59 Å². The van der Waals surface area contributed by atoms with Gasteiger partial charge in [-0.2, -0.15) is 0 Å². The molecule has 2 N–H and O–H groups in total.